The zero-order valence-electron chi connectivity index (χ0n) is 4.37. The van der Waals surface area contributed by atoms with E-state index in [0.717, 1.165) is 0 Å². The Morgan fingerprint density at radius 3 is 2.25 bits per heavy atom. The molecule has 0 aliphatic carbocycles. The van der Waals surface area contributed by atoms with Crippen LogP contribution in [0.1, 0.15) is 12.8 Å². The molecule has 0 saturated carbocycles. The molecule has 0 radical (unpaired) electrons. The van der Waals surface area contributed by atoms with Gasteiger partial charge >= 0.3 is 5.97 Å². The zero-order chi connectivity index (χ0) is 5.70. The summed E-state index contributed by atoms with van der Waals surface area (Å²) in [6, 6.07) is 0. The Morgan fingerprint density at radius 1 is 1.62 bits per heavy atom. The molecule has 0 saturated heterocycles. The second-order valence-corrected chi connectivity index (χ2v) is 1.29. The van der Waals surface area contributed by atoms with E-state index in [0.29, 0.717) is 13.0 Å². The van der Waals surface area contributed by atoms with E-state index in [4.69, 9.17) is 10.8 Å². The van der Waals surface area contributed by atoms with Crippen molar-refractivity contribution in [2.45, 2.75) is 12.8 Å². The fourth-order valence-corrected chi connectivity index (χ4v) is 0.253. The summed E-state index contributed by atoms with van der Waals surface area (Å²) in [4.78, 5) is 9.70. The molecule has 0 aliphatic heterocycles. The molecule has 0 rings (SSSR count). The predicted molar refractivity (Wildman–Crippen MR) is 25.9 cm³/mol. The first-order valence-electron chi connectivity index (χ1n) is 2.19. The SMILES string of the molecule is NCCCC(=O)O.[Ni]. The van der Waals surface area contributed by atoms with Crippen molar-refractivity contribution in [3.8, 4) is 0 Å². The van der Waals surface area contributed by atoms with E-state index in [1.807, 2.05) is 0 Å². The van der Waals surface area contributed by atoms with Crippen LogP contribution in [0.25, 0.3) is 0 Å². The molecule has 52 valence electrons. The molecule has 0 unspecified atom stereocenters. The maximum Gasteiger partial charge on any atom is 0.303 e. The first-order chi connectivity index (χ1) is 3.27. The fraction of sp³-hybridized carbons (Fsp3) is 0.750. The van der Waals surface area contributed by atoms with Gasteiger partial charge in [0.25, 0.3) is 0 Å². The number of nitrogens with two attached hydrogens (primary N) is 1. The molecule has 0 aromatic carbocycles. The van der Waals surface area contributed by atoms with Crippen molar-refractivity contribution in [3.63, 3.8) is 0 Å². The van der Waals surface area contributed by atoms with Gasteiger partial charge in [-0.25, -0.2) is 0 Å². The molecular formula is C4H9NNiO2. The molecule has 4 heteroatoms. The Morgan fingerprint density at radius 2 is 2.12 bits per heavy atom. The number of hydrogen-bond donors (Lipinski definition) is 2. The summed E-state index contributed by atoms with van der Waals surface area (Å²) < 4.78 is 0. The molecule has 8 heavy (non-hydrogen) atoms. The van der Waals surface area contributed by atoms with Gasteiger partial charge in [-0.1, -0.05) is 0 Å². The molecule has 0 bridgehead atoms. The first kappa shape index (κ1) is 10.8. The van der Waals surface area contributed by atoms with Gasteiger partial charge in [0.2, 0.25) is 0 Å². The minimum atomic E-state index is -0.773. The first-order valence-corrected chi connectivity index (χ1v) is 2.19. The Bertz CT molecular complexity index is 67.1. The molecule has 0 aromatic rings. The van der Waals surface area contributed by atoms with E-state index < -0.39 is 5.97 Å². The summed E-state index contributed by atoms with van der Waals surface area (Å²) in [5.74, 6) is -0.773. The average molecular weight is 162 g/mol. The van der Waals surface area contributed by atoms with Gasteiger partial charge in [-0.3, -0.25) is 4.79 Å². The van der Waals surface area contributed by atoms with Crippen LogP contribution in [-0.2, 0) is 21.3 Å². The topological polar surface area (TPSA) is 63.3 Å². The van der Waals surface area contributed by atoms with Gasteiger partial charge in [-0.2, -0.15) is 0 Å². The minimum absolute atomic E-state index is 0. The normalized spacial score (nSPS) is 7.62. The third kappa shape index (κ3) is 9.33. The maximum atomic E-state index is 9.70. The van der Waals surface area contributed by atoms with Crippen LogP contribution in [0, 0.1) is 0 Å². The van der Waals surface area contributed by atoms with Gasteiger partial charge in [0.1, 0.15) is 0 Å². The number of aliphatic carboxylic acids is 1. The van der Waals surface area contributed by atoms with Crippen LogP contribution in [0.4, 0.5) is 0 Å². The van der Waals surface area contributed by atoms with Crippen molar-refractivity contribution < 1.29 is 26.4 Å². The van der Waals surface area contributed by atoms with Crippen molar-refractivity contribution in [3.05, 3.63) is 0 Å². The number of hydrogen-bond acceptors (Lipinski definition) is 2. The van der Waals surface area contributed by atoms with Crippen molar-refractivity contribution in [2.24, 2.45) is 5.73 Å². The van der Waals surface area contributed by atoms with Gasteiger partial charge in [0, 0.05) is 22.9 Å². The summed E-state index contributed by atoms with van der Waals surface area (Å²) >= 11 is 0. The Labute approximate surface area is 58.2 Å². The van der Waals surface area contributed by atoms with Crippen LogP contribution in [0.2, 0.25) is 0 Å². The van der Waals surface area contributed by atoms with Gasteiger partial charge in [0.05, 0.1) is 0 Å². The molecule has 0 aliphatic rings. The van der Waals surface area contributed by atoms with Gasteiger partial charge < -0.3 is 10.8 Å². The zero-order valence-corrected chi connectivity index (χ0v) is 5.36. The molecule has 0 spiro atoms. The Balaban J connectivity index is 0. The Kier molecular flexibility index (Phi) is 9.37. The van der Waals surface area contributed by atoms with Crippen LogP contribution in [0.3, 0.4) is 0 Å². The van der Waals surface area contributed by atoms with Crippen LogP contribution in [0.15, 0.2) is 0 Å². The molecule has 0 heterocycles. The average Bonchev–Trinajstić information content (AvgIpc) is 1.61. The Hall–Kier alpha value is -0.0765. The molecule has 3 nitrogen and oxygen atoms in total. The monoisotopic (exact) mass is 161 g/mol. The van der Waals surface area contributed by atoms with Crippen molar-refractivity contribution in [1.82, 2.24) is 0 Å². The number of carboxylic acids is 1. The van der Waals surface area contributed by atoms with E-state index in [-0.39, 0.29) is 22.9 Å². The van der Waals surface area contributed by atoms with Gasteiger partial charge in [0.15, 0.2) is 0 Å². The largest absolute Gasteiger partial charge is 0.481 e. The van der Waals surface area contributed by atoms with Gasteiger partial charge in [-0.05, 0) is 13.0 Å². The van der Waals surface area contributed by atoms with Crippen LogP contribution in [-0.4, -0.2) is 17.6 Å². The van der Waals surface area contributed by atoms with Crippen LogP contribution >= 0.6 is 0 Å². The molecule has 0 fully saturated rings. The molecule has 3 N–H and O–H groups in total. The van der Waals surface area contributed by atoms with E-state index in [1.54, 1.807) is 0 Å². The number of carboxylic acid groups (broad SMARTS) is 1. The second-order valence-electron chi connectivity index (χ2n) is 1.29. The standard InChI is InChI=1S/C4H9NO2.Ni/c5-3-1-2-4(6)7;/h1-3,5H2,(H,6,7);. The quantitative estimate of drug-likeness (QED) is 0.565. The van der Waals surface area contributed by atoms with Crippen LogP contribution < -0.4 is 5.73 Å². The third-order valence-corrected chi connectivity index (χ3v) is 0.595. The third-order valence-electron chi connectivity index (χ3n) is 0.595. The molecule has 0 aromatic heterocycles. The number of rotatable bonds is 3. The van der Waals surface area contributed by atoms with Crippen molar-refractivity contribution in [2.75, 3.05) is 6.54 Å². The summed E-state index contributed by atoms with van der Waals surface area (Å²) in [6.45, 7) is 0.465. The van der Waals surface area contributed by atoms with E-state index >= 15 is 0 Å². The summed E-state index contributed by atoms with van der Waals surface area (Å²) in [5.41, 5.74) is 5.01. The molecule has 0 amide bonds. The summed E-state index contributed by atoms with van der Waals surface area (Å²) in [5, 5.41) is 7.99. The van der Waals surface area contributed by atoms with Crippen molar-refractivity contribution in [1.29, 1.82) is 0 Å². The smallest absolute Gasteiger partial charge is 0.303 e. The fourth-order valence-electron chi connectivity index (χ4n) is 0.253. The van der Waals surface area contributed by atoms with E-state index in [2.05, 4.69) is 0 Å². The summed E-state index contributed by atoms with van der Waals surface area (Å²) in [7, 11) is 0. The second kappa shape index (κ2) is 6.92. The molecular weight excluding hydrogens is 153 g/mol. The maximum absolute atomic E-state index is 9.70. The van der Waals surface area contributed by atoms with Gasteiger partial charge in [-0.15, -0.1) is 0 Å². The minimum Gasteiger partial charge on any atom is -0.481 e. The molecule has 0 atom stereocenters. The van der Waals surface area contributed by atoms with Crippen molar-refractivity contribution >= 4 is 5.97 Å². The number of carbonyl (C=O) groups is 1. The van der Waals surface area contributed by atoms with Crippen LogP contribution in [0.5, 0.6) is 0 Å². The predicted octanol–water partition coefficient (Wildman–Crippen LogP) is -0.193. The van der Waals surface area contributed by atoms with E-state index in [9.17, 15) is 4.79 Å². The van der Waals surface area contributed by atoms with E-state index in [1.165, 1.54) is 0 Å². The summed E-state index contributed by atoms with van der Waals surface area (Å²) in [6.07, 6.45) is 0.770.